The maximum Gasteiger partial charge on any atom is 0.176 e. The first-order valence-electron chi connectivity index (χ1n) is 5.14. The van der Waals surface area contributed by atoms with Crippen LogP contribution in [0.2, 0.25) is 5.02 Å². The Labute approximate surface area is 106 Å². The van der Waals surface area contributed by atoms with Gasteiger partial charge in [0.05, 0.1) is 28.4 Å². The molecule has 0 spiro atoms. The SMILES string of the molecule is COC(OC)C(C)Nc1cc(C#N)ccc1Cl. The van der Waals surface area contributed by atoms with Crippen LogP contribution < -0.4 is 5.32 Å². The number of hydrogen-bond donors (Lipinski definition) is 1. The average Bonchev–Trinajstić information content (AvgIpc) is 2.33. The summed E-state index contributed by atoms with van der Waals surface area (Å²) >= 11 is 6.03. The fraction of sp³-hybridized carbons (Fsp3) is 0.417. The zero-order valence-corrected chi connectivity index (χ0v) is 10.8. The van der Waals surface area contributed by atoms with Crippen LogP contribution in [0.1, 0.15) is 12.5 Å². The number of ether oxygens (including phenoxy) is 2. The predicted octanol–water partition coefficient (Wildman–Crippen LogP) is 2.63. The highest BCUT2D eigenvalue weighted by molar-refractivity contribution is 6.33. The summed E-state index contributed by atoms with van der Waals surface area (Å²) in [6, 6.07) is 7.03. The summed E-state index contributed by atoms with van der Waals surface area (Å²) in [5, 5.41) is 12.5. The molecule has 1 rings (SSSR count). The van der Waals surface area contributed by atoms with Crippen molar-refractivity contribution in [2.24, 2.45) is 0 Å². The smallest absolute Gasteiger partial charge is 0.176 e. The first-order chi connectivity index (χ1) is 8.12. The molecule has 4 nitrogen and oxygen atoms in total. The Morgan fingerprint density at radius 1 is 1.35 bits per heavy atom. The van der Waals surface area contributed by atoms with E-state index in [9.17, 15) is 0 Å². The van der Waals surface area contributed by atoms with E-state index in [2.05, 4.69) is 11.4 Å². The Morgan fingerprint density at radius 3 is 2.53 bits per heavy atom. The molecule has 0 amide bonds. The topological polar surface area (TPSA) is 54.3 Å². The first kappa shape index (κ1) is 13.8. The number of hydrogen-bond acceptors (Lipinski definition) is 4. The van der Waals surface area contributed by atoms with Gasteiger partial charge in [-0.15, -0.1) is 0 Å². The third kappa shape index (κ3) is 3.60. The van der Waals surface area contributed by atoms with Gasteiger partial charge in [-0.05, 0) is 25.1 Å². The number of nitrogens with one attached hydrogen (secondary N) is 1. The van der Waals surface area contributed by atoms with Crippen molar-refractivity contribution in [3.8, 4) is 6.07 Å². The van der Waals surface area contributed by atoms with Crippen LogP contribution in [0.15, 0.2) is 18.2 Å². The van der Waals surface area contributed by atoms with Crippen molar-refractivity contribution in [2.75, 3.05) is 19.5 Å². The Bertz CT molecular complexity index is 413. The fourth-order valence-electron chi connectivity index (χ4n) is 1.52. The molecule has 0 radical (unpaired) electrons. The van der Waals surface area contributed by atoms with E-state index in [1.807, 2.05) is 6.92 Å². The normalized spacial score (nSPS) is 12.2. The number of anilines is 1. The minimum atomic E-state index is -0.378. The van der Waals surface area contributed by atoms with Gasteiger partial charge in [-0.1, -0.05) is 11.6 Å². The van der Waals surface area contributed by atoms with Gasteiger partial charge in [0.25, 0.3) is 0 Å². The van der Waals surface area contributed by atoms with Crippen molar-refractivity contribution >= 4 is 17.3 Å². The monoisotopic (exact) mass is 254 g/mol. The molecule has 0 fully saturated rings. The van der Waals surface area contributed by atoms with E-state index in [-0.39, 0.29) is 12.3 Å². The van der Waals surface area contributed by atoms with Crippen molar-refractivity contribution in [3.05, 3.63) is 28.8 Å². The molecule has 1 N–H and O–H groups in total. The summed E-state index contributed by atoms with van der Waals surface area (Å²) in [6.45, 7) is 1.91. The highest BCUT2D eigenvalue weighted by Crippen LogP contribution is 2.24. The molecule has 92 valence electrons. The fourth-order valence-corrected chi connectivity index (χ4v) is 1.70. The predicted molar refractivity (Wildman–Crippen MR) is 67.1 cm³/mol. The van der Waals surface area contributed by atoms with Crippen LogP contribution in [0.4, 0.5) is 5.69 Å². The number of rotatable bonds is 5. The van der Waals surface area contributed by atoms with Crippen molar-refractivity contribution in [2.45, 2.75) is 19.3 Å². The van der Waals surface area contributed by atoms with Gasteiger partial charge in [0, 0.05) is 14.2 Å². The summed E-state index contributed by atoms with van der Waals surface area (Å²) in [5.74, 6) is 0. The van der Waals surface area contributed by atoms with Gasteiger partial charge in [-0.2, -0.15) is 5.26 Å². The number of halogens is 1. The molecule has 0 saturated carbocycles. The summed E-state index contributed by atoms with van der Waals surface area (Å²) in [7, 11) is 3.14. The second-order valence-corrected chi connectivity index (χ2v) is 3.99. The van der Waals surface area contributed by atoms with E-state index in [0.717, 1.165) is 0 Å². The minimum absolute atomic E-state index is 0.0866. The van der Waals surface area contributed by atoms with E-state index in [4.69, 9.17) is 26.3 Å². The molecule has 1 atom stereocenters. The van der Waals surface area contributed by atoms with Gasteiger partial charge in [0.2, 0.25) is 0 Å². The van der Waals surface area contributed by atoms with Crippen molar-refractivity contribution in [1.82, 2.24) is 0 Å². The van der Waals surface area contributed by atoms with Crippen LogP contribution in [0.5, 0.6) is 0 Å². The molecule has 0 bridgehead atoms. The molecule has 0 aliphatic heterocycles. The summed E-state index contributed by atoms with van der Waals surface area (Å²) in [6.07, 6.45) is -0.378. The molecule has 1 aromatic carbocycles. The van der Waals surface area contributed by atoms with Crippen LogP contribution in [0.25, 0.3) is 0 Å². The van der Waals surface area contributed by atoms with Gasteiger partial charge in [0.1, 0.15) is 0 Å². The lowest BCUT2D eigenvalue weighted by atomic mass is 10.2. The van der Waals surface area contributed by atoms with Crippen molar-refractivity contribution < 1.29 is 9.47 Å². The van der Waals surface area contributed by atoms with Gasteiger partial charge in [0.15, 0.2) is 6.29 Å². The number of methoxy groups -OCH3 is 2. The first-order valence-corrected chi connectivity index (χ1v) is 5.52. The summed E-state index contributed by atoms with van der Waals surface area (Å²) in [5.41, 5.74) is 1.24. The van der Waals surface area contributed by atoms with Gasteiger partial charge in [-0.25, -0.2) is 0 Å². The molecule has 0 aliphatic carbocycles. The van der Waals surface area contributed by atoms with Gasteiger partial charge >= 0.3 is 0 Å². The van der Waals surface area contributed by atoms with E-state index in [1.54, 1.807) is 32.4 Å². The molecule has 1 aromatic rings. The van der Waals surface area contributed by atoms with Crippen LogP contribution in [0.3, 0.4) is 0 Å². The molecule has 1 unspecified atom stereocenters. The molecular weight excluding hydrogens is 240 g/mol. The number of nitriles is 1. The zero-order chi connectivity index (χ0) is 12.8. The second kappa shape index (κ2) is 6.45. The lowest BCUT2D eigenvalue weighted by Crippen LogP contribution is -2.33. The van der Waals surface area contributed by atoms with Crippen LogP contribution in [-0.4, -0.2) is 26.6 Å². The number of nitrogens with zero attached hydrogens (tertiary/aromatic N) is 1. The summed E-state index contributed by atoms with van der Waals surface area (Å²) < 4.78 is 10.3. The Kier molecular flexibility index (Phi) is 5.23. The molecule has 17 heavy (non-hydrogen) atoms. The lowest BCUT2D eigenvalue weighted by molar-refractivity contribution is -0.109. The van der Waals surface area contributed by atoms with Crippen LogP contribution >= 0.6 is 11.6 Å². The molecule has 0 aromatic heterocycles. The Balaban J connectivity index is 2.84. The quantitative estimate of drug-likeness (QED) is 0.821. The largest absolute Gasteiger partial charge is 0.376 e. The summed E-state index contributed by atoms with van der Waals surface area (Å²) in [4.78, 5) is 0. The lowest BCUT2D eigenvalue weighted by Gasteiger charge is -2.23. The molecule has 0 heterocycles. The third-order valence-corrected chi connectivity index (χ3v) is 2.68. The van der Waals surface area contributed by atoms with Gasteiger partial charge < -0.3 is 14.8 Å². The Hall–Kier alpha value is -1.28. The number of benzene rings is 1. The maximum atomic E-state index is 8.82. The van der Waals surface area contributed by atoms with E-state index in [0.29, 0.717) is 16.3 Å². The molecule has 0 aliphatic rings. The maximum absolute atomic E-state index is 8.82. The zero-order valence-electron chi connectivity index (χ0n) is 10.0. The molecule has 0 saturated heterocycles. The average molecular weight is 255 g/mol. The molecular formula is C12H15ClN2O2. The van der Waals surface area contributed by atoms with E-state index < -0.39 is 0 Å². The van der Waals surface area contributed by atoms with E-state index >= 15 is 0 Å². The minimum Gasteiger partial charge on any atom is -0.376 e. The van der Waals surface area contributed by atoms with Gasteiger partial charge in [-0.3, -0.25) is 0 Å². The van der Waals surface area contributed by atoms with Crippen LogP contribution in [-0.2, 0) is 9.47 Å². The highest BCUT2D eigenvalue weighted by atomic mass is 35.5. The van der Waals surface area contributed by atoms with E-state index in [1.165, 1.54) is 0 Å². The third-order valence-electron chi connectivity index (χ3n) is 2.35. The van der Waals surface area contributed by atoms with Crippen molar-refractivity contribution in [1.29, 1.82) is 5.26 Å². The van der Waals surface area contributed by atoms with Crippen LogP contribution in [0, 0.1) is 11.3 Å². The Morgan fingerprint density at radius 2 is 2.00 bits per heavy atom. The van der Waals surface area contributed by atoms with Crippen molar-refractivity contribution in [3.63, 3.8) is 0 Å². The highest BCUT2D eigenvalue weighted by Gasteiger charge is 2.16. The molecule has 5 heteroatoms. The second-order valence-electron chi connectivity index (χ2n) is 3.58. The standard InChI is InChI=1S/C12H15ClN2O2/c1-8(12(16-2)17-3)15-11-6-9(7-14)4-5-10(11)13/h4-6,8,12,15H,1-3H3.